The molecule has 0 aliphatic carbocycles. The number of anilines is 1. The summed E-state index contributed by atoms with van der Waals surface area (Å²) in [5.74, 6) is -1.77. The molecule has 2 aromatic heterocycles. The summed E-state index contributed by atoms with van der Waals surface area (Å²) in [5, 5.41) is 11.4. The van der Waals surface area contributed by atoms with Crippen molar-refractivity contribution >= 4 is 33.5 Å². The number of aromatic carboxylic acids is 1. The summed E-state index contributed by atoms with van der Waals surface area (Å²) in [4.78, 5) is 38.2. The predicted molar refractivity (Wildman–Crippen MR) is 78.2 cm³/mol. The van der Waals surface area contributed by atoms with E-state index < -0.39 is 11.9 Å². The lowest BCUT2D eigenvalue weighted by Gasteiger charge is -2.09. The number of nitrogens with one attached hydrogen (secondary N) is 1. The molecule has 0 spiro atoms. The van der Waals surface area contributed by atoms with Gasteiger partial charge in [0, 0.05) is 22.9 Å². The van der Waals surface area contributed by atoms with Gasteiger partial charge in [-0.1, -0.05) is 0 Å². The lowest BCUT2D eigenvalue weighted by molar-refractivity contribution is -0.116. The Morgan fingerprint density at radius 1 is 1.33 bits per heavy atom. The van der Waals surface area contributed by atoms with Crippen molar-refractivity contribution in [3.8, 4) is 0 Å². The average Bonchev–Trinajstić information content (AvgIpc) is 2.43. The van der Waals surface area contributed by atoms with Crippen LogP contribution in [-0.4, -0.2) is 26.5 Å². The summed E-state index contributed by atoms with van der Waals surface area (Å²) in [5.41, 5.74) is -0.511. The van der Waals surface area contributed by atoms with Crippen LogP contribution in [0, 0.1) is 0 Å². The largest absolute Gasteiger partial charge is 0.476 e. The Labute approximate surface area is 127 Å². The summed E-state index contributed by atoms with van der Waals surface area (Å²) in [6.07, 6.45) is 2.79. The summed E-state index contributed by atoms with van der Waals surface area (Å²) >= 11 is 3.20. The number of nitrogens with zero attached hydrogens (tertiary/aromatic N) is 2. The second kappa shape index (κ2) is 6.31. The van der Waals surface area contributed by atoms with Crippen molar-refractivity contribution in [3.05, 3.63) is 57.2 Å². The third kappa shape index (κ3) is 3.76. The molecule has 0 saturated carbocycles. The Bertz CT molecular complexity index is 757. The van der Waals surface area contributed by atoms with Crippen LogP contribution in [0.3, 0.4) is 0 Å². The lowest BCUT2D eigenvalue weighted by atomic mass is 10.3. The van der Waals surface area contributed by atoms with Crippen LogP contribution in [0.5, 0.6) is 0 Å². The van der Waals surface area contributed by atoms with Gasteiger partial charge < -0.3 is 15.0 Å². The first-order valence-electron chi connectivity index (χ1n) is 5.81. The van der Waals surface area contributed by atoms with Gasteiger partial charge in [0.25, 0.3) is 5.56 Å². The van der Waals surface area contributed by atoms with E-state index in [1.807, 2.05) is 0 Å². The molecule has 0 aromatic carbocycles. The van der Waals surface area contributed by atoms with Gasteiger partial charge in [-0.05, 0) is 34.1 Å². The van der Waals surface area contributed by atoms with Gasteiger partial charge >= 0.3 is 5.97 Å². The molecule has 0 saturated heterocycles. The third-order valence-electron chi connectivity index (χ3n) is 2.55. The number of rotatable bonds is 4. The fourth-order valence-electron chi connectivity index (χ4n) is 1.65. The molecular weight excluding hydrogens is 342 g/mol. The molecule has 8 heteroatoms. The third-order valence-corrected chi connectivity index (χ3v) is 3.01. The summed E-state index contributed by atoms with van der Waals surface area (Å²) < 4.78 is 1.86. The Morgan fingerprint density at radius 2 is 2.10 bits per heavy atom. The van der Waals surface area contributed by atoms with E-state index in [4.69, 9.17) is 5.11 Å². The van der Waals surface area contributed by atoms with Gasteiger partial charge in [0.2, 0.25) is 5.91 Å². The fourth-order valence-corrected chi connectivity index (χ4v) is 2.03. The van der Waals surface area contributed by atoms with E-state index in [1.54, 1.807) is 6.07 Å². The van der Waals surface area contributed by atoms with Gasteiger partial charge in [0.15, 0.2) is 5.69 Å². The SMILES string of the molecule is O=C(Cn1cc(Br)ccc1=O)Nc1cccnc1C(=O)O. The number of carbonyl (C=O) groups is 2. The Kier molecular flexibility index (Phi) is 4.49. The quantitative estimate of drug-likeness (QED) is 0.865. The summed E-state index contributed by atoms with van der Waals surface area (Å²) in [6.45, 7) is -0.230. The van der Waals surface area contributed by atoms with E-state index in [0.29, 0.717) is 4.47 Å². The minimum Gasteiger partial charge on any atom is -0.476 e. The van der Waals surface area contributed by atoms with Crippen molar-refractivity contribution in [2.45, 2.75) is 6.54 Å². The number of halogens is 1. The van der Waals surface area contributed by atoms with E-state index in [9.17, 15) is 14.4 Å². The Balaban J connectivity index is 2.18. The molecular formula is C13H10BrN3O4. The zero-order valence-electron chi connectivity index (χ0n) is 10.6. The van der Waals surface area contributed by atoms with Gasteiger partial charge in [0.1, 0.15) is 6.54 Å². The number of aromatic nitrogens is 2. The molecule has 0 aliphatic heterocycles. The van der Waals surface area contributed by atoms with Gasteiger partial charge in [-0.2, -0.15) is 0 Å². The maximum absolute atomic E-state index is 11.9. The first kappa shape index (κ1) is 14.9. The van der Waals surface area contributed by atoms with Crippen LogP contribution in [0.15, 0.2) is 45.9 Å². The number of hydrogen-bond donors (Lipinski definition) is 2. The molecule has 0 atom stereocenters. The van der Waals surface area contributed by atoms with E-state index in [-0.39, 0.29) is 23.5 Å². The summed E-state index contributed by atoms with van der Waals surface area (Å²) in [7, 11) is 0. The molecule has 0 bridgehead atoms. The highest BCUT2D eigenvalue weighted by Gasteiger charge is 2.13. The van der Waals surface area contributed by atoms with Gasteiger partial charge in [-0.25, -0.2) is 9.78 Å². The van der Waals surface area contributed by atoms with Crippen molar-refractivity contribution in [2.75, 3.05) is 5.32 Å². The molecule has 108 valence electrons. The minimum atomic E-state index is -1.24. The average molecular weight is 352 g/mol. The second-order valence-corrected chi connectivity index (χ2v) is 4.98. The number of amides is 1. The summed E-state index contributed by atoms with van der Waals surface area (Å²) in [6, 6.07) is 5.83. The number of hydrogen-bond acceptors (Lipinski definition) is 4. The second-order valence-electron chi connectivity index (χ2n) is 4.07. The minimum absolute atomic E-state index is 0.0815. The van der Waals surface area contributed by atoms with E-state index in [0.717, 1.165) is 0 Å². The maximum atomic E-state index is 11.9. The van der Waals surface area contributed by atoms with Crippen molar-refractivity contribution in [2.24, 2.45) is 0 Å². The van der Waals surface area contributed by atoms with E-state index >= 15 is 0 Å². The smallest absolute Gasteiger partial charge is 0.356 e. The lowest BCUT2D eigenvalue weighted by Crippen LogP contribution is -2.27. The Morgan fingerprint density at radius 3 is 2.81 bits per heavy atom. The van der Waals surface area contributed by atoms with E-state index in [1.165, 1.54) is 35.2 Å². The van der Waals surface area contributed by atoms with Crippen LogP contribution in [-0.2, 0) is 11.3 Å². The number of carboxylic acids is 1. The number of carbonyl (C=O) groups excluding carboxylic acids is 1. The van der Waals surface area contributed by atoms with Gasteiger partial charge in [-0.3, -0.25) is 9.59 Å². The van der Waals surface area contributed by atoms with Crippen molar-refractivity contribution in [1.82, 2.24) is 9.55 Å². The van der Waals surface area contributed by atoms with Crippen LogP contribution >= 0.6 is 15.9 Å². The van der Waals surface area contributed by atoms with Crippen LogP contribution in [0.1, 0.15) is 10.5 Å². The monoisotopic (exact) mass is 351 g/mol. The molecule has 0 radical (unpaired) electrons. The highest BCUT2D eigenvalue weighted by molar-refractivity contribution is 9.10. The molecule has 7 nitrogen and oxygen atoms in total. The molecule has 2 aromatic rings. The maximum Gasteiger partial charge on any atom is 0.356 e. The first-order chi connectivity index (χ1) is 9.97. The predicted octanol–water partition coefficient (Wildman–Crippen LogP) is 1.34. The highest BCUT2D eigenvalue weighted by Crippen LogP contribution is 2.12. The topological polar surface area (TPSA) is 101 Å². The molecule has 0 aliphatic rings. The highest BCUT2D eigenvalue weighted by atomic mass is 79.9. The molecule has 2 heterocycles. The standard InChI is InChI=1S/C13H10BrN3O4/c14-8-3-4-11(19)17(6-8)7-10(18)16-9-2-1-5-15-12(9)13(20)21/h1-6H,7H2,(H,16,18)(H,20,21). The number of carboxylic acid groups (broad SMARTS) is 1. The zero-order chi connectivity index (χ0) is 15.4. The van der Waals surface area contributed by atoms with Crippen molar-refractivity contribution in [3.63, 3.8) is 0 Å². The molecule has 2 rings (SSSR count). The van der Waals surface area contributed by atoms with E-state index in [2.05, 4.69) is 26.2 Å². The van der Waals surface area contributed by atoms with Gasteiger partial charge in [-0.15, -0.1) is 0 Å². The van der Waals surface area contributed by atoms with Gasteiger partial charge in [0.05, 0.1) is 5.69 Å². The zero-order valence-corrected chi connectivity index (χ0v) is 12.2. The van der Waals surface area contributed by atoms with Crippen molar-refractivity contribution < 1.29 is 14.7 Å². The molecule has 1 amide bonds. The first-order valence-corrected chi connectivity index (χ1v) is 6.61. The van der Waals surface area contributed by atoms with Crippen LogP contribution in [0.25, 0.3) is 0 Å². The molecule has 21 heavy (non-hydrogen) atoms. The van der Waals surface area contributed by atoms with Crippen LogP contribution < -0.4 is 10.9 Å². The van der Waals surface area contributed by atoms with Crippen LogP contribution in [0.2, 0.25) is 0 Å². The van der Waals surface area contributed by atoms with Crippen LogP contribution in [0.4, 0.5) is 5.69 Å². The Hall–Kier alpha value is -2.48. The normalized spacial score (nSPS) is 10.1. The van der Waals surface area contributed by atoms with Crippen molar-refractivity contribution in [1.29, 1.82) is 0 Å². The fraction of sp³-hybridized carbons (Fsp3) is 0.0769. The molecule has 2 N–H and O–H groups in total. The number of pyridine rings is 2. The molecule has 0 unspecified atom stereocenters. The molecule has 0 fully saturated rings.